The van der Waals surface area contributed by atoms with Crippen LogP contribution in [0.25, 0.3) is 0 Å². The largest absolute Gasteiger partial charge is 0.432 e. The molecule has 0 fully saturated rings. The Labute approximate surface area is 141 Å². The molecule has 2 aromatic rings. The lowest BCUT2D eigenvalue weighted by molar-refractivity contribution is -0.0521. The number of hydrogen-bond acceptors (Lipinski definition) is 4. The fourth-order valence-electron chi connectivity index (χ4n) is 1.72. The van der Waals surface area contributed by atoms with Gasteiger partial charge in [0.1, 0.15) is 0 Å². The molecule has 0 aliphatic heterocycles. The third kappa shape index (κ3) is 5.62. The SMILES string of the molecule is NC(=NN=Cc1cccc(OC(F)F)c1F)SCc1ccccc1. The van der Waals surface area contributed by atoms with Crippen LogP contribution < -0.4 is 10.5 Å². The van der Waals surface area contributed by atoms with Crippen molar-refractivity contribution in [2.45, 2.75) is 12.4 Å². The smallest absolute Gasteiger partial charge is 0.387 e. The van der Waals surface area contributed by atoms with E-state index in [4.69, 9.17) is 5.73 Å². The molecule has 2 aromatic carbocycles. The fourth-order valence-corrected chi connectivity index (χ4v) is 2.33. The van der Waals surface area contributed by atoms with Gasteiger partial charge in [0.15, 0.2) is 16.7 Å². The number of thioether (sulfide) groups is 1. The van der Waals surface area contributed by atoms with E-state index in [0.717, 1.165) is 17.8 Å². The zero-order chi connectivity index (χ0) is 17.4. The van der Waals surface area contributed by atoms with Gasteiger partial charge in [-0.3, -0.25) is 0 Å². The molecule has 8 heteroatoms. The Kier molecular flexibility index (Phi) is 6.68. The normalized spacial score (nSPS) is 12.1. The van der Waals surface area contributed by atoms with Crippen LogP contribution in [0.5, 0.6) is 5.75 Å². The van der Waals surface area contributed by atoms with E-state index < -0.39 is 18.2 Å². The number of amidine groups is 1. The van der Waals surface area contributed by atoms with Gasteiger partial charge in [-0.15, -0.1) is 5.10 Å². The first-order valence-electron chi connectivity index (χ1n) is 6.83. The maximum Gasteiger partial charge on any atom is 0.387 e. The number of hydrogen-bond donors (Lipinski definition) is 1. The summed E-state index contributed by atoms with van der Waals surface area (Å²) in [4.78, 5) is 0. The Morgan fingerprint density at radius 1 is 1.17 bits per heavy atom. The number of nitrogens with two attached hydrogens (primary N) is 1. The van der Waals surface area contributed by atoms with E-state index in [0.29, 0.717) is 5.75 Å². The van der Waals surface area contributed by atoms with Gasteiger partial charge >= 0.3 is 6.61 Å². The van der Waals surface area contributed by atoms with Crippen molar-refractivity contribution in [3.8, 4) is 5.75 Å². The highest BCUT2D eigenvalue weighted by Crippen LogP contribution is 2.21. The molecule has 0 heterocycles. The van der Waals surface area contributed by atoms with Crippen LogP contribution in [0.1, 0.15) is 11.1 Å². The topological polar surface area (TPSA) is 60.0 Å². The molecule has 0 amide bonds. The molecule has 0 aliphatic rings. The summed E-state index contributed by atoms with van der Waals surface area (Å²) in [5.74, 6) is -0.866. The molecule has 0 saturated carbocycles. The minimum Gasteiger partial charge on any atom is -0.432 e. The van der Waals surface area contributed by atoms with Gasteiger partial charge in [-0.25, -0.2) is 4.39 Å². The van der Waals surface area contributed by atoms with E-state index in [1.54, 1.807) is 0 Å². The molecule has 24 heavy (non-hydrogen) atoms. The molecule has 0 unspecified atom stereocenters. The van der Waals surface area contributed by atoms with Crippen LogP contribution >= 0.6 is 11.8 Å². The average molecular weight is 353 g/mol. The molecule has 2 rings (SSSR count). The van der Waals surface area contributed by atoms with Crippen molar-refractivity contribution in [3.05, 3.63) is 65.5 Å². The molecule has 0 spiro atoms. The summed E-state index contributed by atoms with van der Waals surface area (Å²) in [6.07, 6.45) is 1.09. The van der Waals surface area contributed by atoms with Crippen LogP contribution in [0.15, 0.2) is 58.7 Å². The van der Waals surface area contributed by atoms with Crippen molar-refractivity contribution in [1.29, 1.82) is 0 Å². The van der Waals surface area contributed by atoms with Crippen LogP contribution in [-0.2, 0) is 5.75 Å². The second kappa shape index (κ2) is 8.97. The van der Waals surface area contributed by atoms with E-state index >= 15 is 0 Å². The third-order valence-electron chi connectivity index (χ3n) is 2.79. The zero-order valence-corrected chi connectivity index (χ0v) is 13.2. The molecule has 126 valence electrons. The maximum atomic E-state index is 13.9. The van der Waals surface area contributed by atoms with Crippen LogP contribution in [-0.4, -0.2) is 18.0 Å². The number of nitrogens with zero attached hydrogens (tertiary/aromatic N) is 2. The van der Waals surface area contributed by atoms with E-state index in [-0.39, 0.29) is 10.7 Å². The predicted octanol–water partition coefficient (Wildman–Crippen LogP) is 4.01. The van der Waals surface area contributed by atoms with E-state index in [2.05, 4.69) is 14.9 Å². The highest BCUT2D eigenvalue weighted by Gasteiger charge is 2.12. The molecular formula is C16H14F3N3OS. The summed E-state index contributed by atoms with van der Waals surface area (Å²) in [5.41, 5.74) is 6.75. The van der Waals surface area contributed by atoms with Gasteiger partial charge in [0, 0.05) is 11.3 Å². The standard InChI is InChI=1S/C16H14F3N3OS/c17-14-12(7-4-8-13(14)23-15(18)19)9-21-22-16(20)24-10-11-5-2-1-3-6-11/h1-9,15H,10H2,(H2,20,22). The van der Waals surface area contributed by atoms with Gasteiger partial charge in [0.05, 0.1) is 6.21 Å². The van der Waals surface area contributed by atoms with E-state index in [1.165, 1.54) is 23.9 Å². The Morgan fingerprint density at radius 3 is 2.62 bits per heavy atom. The second-order valence-corrected chi connectivity index (χ2v) is 5.49. The van der Waals surface area contributed by atoms with Gasteiger partial charge in [-0.1, -0.05) is 54.2 Å². The molecule has 0 atom stereocenters. The zero-order valence-electron chi connectivity index (χ0n) is 12.4. The van der Waals surface area contributed by atoms with Gasteiger partial charge in [-0.05, 0) is 11.6 Å². The number of alkyl halides is 2. The van der Waals surface area contributed by atoms with Crippen LogP contribution in [0.3, 0.4) is 0 Å². The summed E-state index contributed by atoms with van der Waals surface area (Å²) in [6.45, 7) is -3.10. The highest BCUT2D eigenvalue weighted by atomic mass is 32.2. The first-order valence-corrected chi connectivity index (χ1v) is 7.81. The first kappa shape index (κ1) is 17.9. The summed E-state index contributed by atoms with van der Waals surface area (Å²) >= 11 is 1.28. The molecular weight excluding hydrogens is 339 g/mol. The van der Waals surface area contributed by atoms with Gasteiger partial charge < -0.3 is 10.5 Å². The van der Waals surface area contributed by atoms with Crippen LogP contribution in [0, 0.1) is 5.82 Å². The average Bonchev–Trinajstić information content (AvgIpc) is 2.57. The Balaban J connectivity index is 1.97. The van der Waals surface area contributed by atoms with E-state index in [1.807, 2.05) is 30.3 Å². The van der Waals surface area contributed by atoms with Crippen LogP contribution in [0.2, 0.25) is 0 Å². The van der Waals surface area contributed by atoms with Crippen LogP contribution in [0.4, 0.5) is 13.2 Å². The lowest BCUT2D eigenvalue weighted by Crippen LogP contribution is -2.06. The number of halogens is 3. The van der Waals surface area contributed by atoms with Crippen molar-refractivity contribution in [1.82, 2.24) is 0 Å². The number of rotatable bonds is 6. The number of benzene rings is 2. The van der Waals surface area contributed by atoms with Crippen molar-refractivity contribution >= 4 is 23.1 Å². The molecule has 2 N–H and O–H groups in total. The summed E-state index contributed by atoms with van der Waals surface area (Å²) in [6, 6.07) is 13.5. The fraction of sp³-hybridized carbons (Fsp3) is 0.125. The van der Waals surface area contributed by atoms with Gasteiger partial charge in [0.2, 0.25) is 0 Å². The van der Waals surface area contributed by atoms with Crippen molar-refractivity contribution < 1.29 is 17.9 Å². The summed E-state index contributed by atoms with van der Waals surface area (Å²) in [7, 11) is 0. The van der Waals surface area contributed by atoms with Gasteiger partial charge in [-0.2, -0.15) is 13.9 Å². The van der Waals surface area contributed by atoms with Crippen molar-refractivity contribution in [2.24, 2.45) is 15.9 Å². The van der Waals surface area contributed by atoms with Gasteiger partial charge in [0.25, 0.3) is 0 Å². The third-order valence-corrected chi connectivity index (χ3v) is 3.65. The quantitative estimate of drug-likeness (QED) is 0.485. The first-order chi connectivity index (χ1) is 11.6. The monoisotopic (exact) mass is 353 g/mol. The molecule has 0 radical (unpaired) electrons. The molecule has 0 saturated heterocycles. The van der Waals surface area contributed by atoms with Crippen molar-refractivity contribution in [2.75, 3.05) is 0 Å². The lowest BCUT2D eigenvalue weighted by Gasteiger charge is -2.06. The molecule has 4 nitrogen and oxygen atoms in total. The number of ether oxygens (including phenoxy) is 1. The minimum absolute atomic E-state index is 0.0299. The predicted molar refractivity (Wildman–Crippen MR) is 90.0 cm³/mol. The Morgan fingerprint density at radius 2 is 1.92 bits per heavy atom. The highest BCUT2D eigenvalue weighted by molar-refractivity contribution is 8.13. The molecule has 0 aromatic heterocycles. The lowest BCUT2D eigenvalue weighted by atomic mass is 10.2. The minimum atomic E-state index is -3.10. The summed E-state index contributed by atoms with van der Waals surface area (Å²) in [5, 5.41) is 7.61. The molecule has 0 aliphatic carbocycles. The van der Waals surface area contributed by atoms with E-state index in [9.17, 15) is 13.2 Å². The van der Waals surface area contributed by atoms with Crippen molar-refractivity contribution in [3.63, 3.8) is 0 Å². The summed E-state index contributed by atoms with van der Waals surface area (Å²) < 4.78 is 42.3. The Bertz CT molecular complexity index is 724. The second-order valence-electron chi connectivity index (χ2n) is 4.49. The Hall–Kier alpha value is -2.48. The molecule has 0 bridgehead atoms. The maximum absolute atomic E-state index is 13.9.